The number of halogens is 1. The summed E-state index contributed by atoms with van der Waals surface area (Å²) >= 11 is 5.78. The van der Waals surface area contributed by atoms with E-state index in [-0.39, 0.29) is 11.3 Å². The normalized spacial score (nSPS) is 23.4. The van der Waals surface area contributed by atoms with Crippen LogP contribution in [0.2, 0.25) is 5.28 Å². The molecule has 4 nitrogen and oxygen atoms in total. The van der Waals surface area contributed by atoms with Gasteiger partial charge in [0.25, 0.3) is 0 Å². The van der Waals surface area contributed by atoms with E-state index in [4.69, 9.17) is 16.3 Å². The Labute approximate surface area is 105 Å². The van der Waals surface area contributed by atoms with E-state index in [1.165, 1.54) is 6.92 Å². The first kappa shape index (κ1) is 12.0. The van der Waals surface area contributed by atoms with Gasteiger partial charge in [0.1, 0.15) is 0 Å². The van der Waals surface area contributed by atoms with Crippen LogP contribution < -0.4 is 0 Å². The largest absolute Gasteiger partial charge is 0.452 e. The van der Waals surface area contributed by atoms with E-state index in [1.54, 1.807) is 12.3 Å². The number of carbonyl (C=O) groups excluding carboxylic acids is 1. The highest BCUT2D eigenvalue weighted by atomic mass is 35.5. The number of hydrogen-bond donors (Lipinski definition) is 0. The lowest BCUT2D eigenvalue weighted by molar-refractivity contribution is -0.159. The highest BCUT2D eigenvalue weighted by molar-refractivity contribution is 6.28. The van der Waals surface area contributed by atoms with E-state index < -0.39 is 5.60 Å². The van der Waals surface area contributed by atoms with Crippen LogP contribution >= 0.6 is 11.6 Å². The topological polar surface area (TPSA) is 52.1 Å². The molecule has 1 unspecified atom stereocenters. The molecule has 0 aliphatic heterocycles. The van der Waals surface area contributed by atoms with Crippen molar-refractivity contribution >= 4 is 17.6 Å². The Morgan fingerprint density at radius 2 is 2.35 bits per heavy atom. The second-order valence-corrected chi connectivity index (χ2v) is 4.35. The van der Waals surface area contributed by atoms with Gasteiger partial charge in [0.05, 0.1) is 5.69 Å². The van der Waals surface area contributed by atoms with Crippen molar-refractivity contribution in [3.63, 3.8) is 0 Å². The molecule has 1 heterocycles. The summed E-state index contributed by atoms with van der Waals surface area (Å²) in [6.45, 7) is 1.41. The molecule has 0 spiro atoms. The first-order valence-electron chi connectivity index (χ1n) is 5.46. The first-order valence-corrected chi connectivity index (χ1v) is 5.84. The van der Waals surface area contributed by atoms with Crippen molar-refractivity contribution < 1.29 is 9.53 Å². The summed E-state index contributed by atoms with van der Waals surface area (Å²) < 4.78 is 5.48. The van der Waals surface area contributed by atoms with E-state index in [9.17, 15) is 4.79 Å². The Kier molecular flexibility index (Phi) is 3.43. The molecule has 0 aromatic carbocycles. The highest BCUT2D eigenvalue weighted by Crippen LogP contribution is 2.37. The van der Waals surface area contributed by atoms with Gasteiger partial charge in [-0.1, -0.05) is 12.2 Å². The Hall–Kier alpha value is -1.42. The fourth-order valence-corrected chi connectivity index (χ4v) is 2.20. The van der Waals surface area contributed by atoms with Crippen LogP contribution in [0.4, 0.5) is 0 Å². The molecular formula is C12H13ClN2O2. The van der Waals surface area contributed by atoms with Crippen LogP contribution in [0.15, 0.2) is 24.4 Å². The first-order chi connectivity index (χ1) is 8.12. The molecule has 1 atom stereocenters. The summed E-state index contributed by atoms with van der Waals surface area (Å²) in [5.74, 6) is -0.310. The number of allylic oxidation sites excluding steroid dienone is 1. The molecule has 2 rings (SSSR count). The second-order valence-electron chi connectivity index (χ2n) is 4.01. The third-order valence-corrected chi connectivity index (χ3v) is 2.94. The third kappa shape index (κ3) is 2.64. The third-order valence-electron chi connectivity index (χ3n) is 2.76. The van der Waals surface area contributed by atoms with Gasteiger partial charge in [-0.2, -0.15) is 0 Å². The number of aromatic nitrogens is 2. The lowest BCUT2D eigenvalue weighted by atomic mass is 9.86. The summed E-state index contributed by atoms with van der Waals surface area (Å²) in [6.07, 6.45) is 7.85. The van der Waals surface area contributed by atoms with Gasteiger partial charge in [-0.05, 0) is 30.5 Å². The maximum Gasteiger partial charge on any atom is 0.303 e. The summed E-state index contributed by atoms with van der Waals surface area (Å²) in [6, 6.07) is 1.74. The van der Waals surface area contributed by atoms with Crippen molar-refractivity contribution in [3.8, 4) is 0 Å². The van der Waals surface area contributed by atoms with Crippen LogP contribution in [0.1, 0.15) is 31.9 Å². The van der Waals surface area contributed by atoms with E-state index >= 15 is 0 Å². The van der Waals surface area contributed by atoms with Crippen LogP contribution in [-0.4, -0.2) is 15.9 Å². The molecule has 0 fully saturated rings. The molecular weight excluding hydrogens is 240 g/mol. The molecule has 0 bridgehead atoms. The summed E-state index contributed by atoms with van der Waals surface area (Å²) in [4.78, 5) is 19.3. The van der Waals surface area contributed by atoms with Gasteiger partial charge in [0, 0.05) is 19.5 Å². The molecule has 1 aromatic heterocycles. The molecule has 0 amide bonds. The molecule has 17 heavy (non-hydrogen) atoms. The van der Waals surface area contributed by atoms with Gasteiger partial charge in [-0.15, -0.1) is 0 Å². The Bertz CT molecular complexity index is 462. The summed E-state index contributed by atoms with van der Waals surface area (Å²) in [5, 5.41) is 0.170. The lowest BCUT2D eigenvalue weighted by Crippen LogP contribution is -2.33. The van der Waals surface area contributed by atoms with Crippen molar-refractivity contribution in [1.82, 2.24) is 9.97 Å². The molecule has 0 N–H and O–H groups in total. The summed E-state index contributed by atoms with van der Waals surface area (Å²) in [7, 11) is 0. The minimum absolute atomic E-state index is 0.170. The number of ether oxygens (including phenoxy) is 1. The number of hydrogen-bond acceptors (Lipinski definition) is 4. The van der Waals surface area contributed by atoms with Crippen LogP contribution in [0, 0.1) is 0 Å². The zero-order valence-corrected chi connectivity index (χ0v) is 10.3. The lowest BCUT2D eigenvalue weighted by Gasteiger charge is -2.33. The van der Waals surface area contributed by atoms with Crippen molar-refractivity contribution in [1.29, 1.82) is 0 Å². The molecule has 5 heteroatoms. The van der Waals surface area contributed by atoms with Crippen molar-refractivity contribution in [2.45, 2.75) is 31.8 Å². The predicted octanol–water partition coefficient (Wildman–Crippen LogP) is 2.63. The number of rotatable bonds is 2. The quantitative estimate of drug-likeness (QED) is 0.461. The van der Waals surface area contributed by atoms with E-state index in [0.29, 0.717) is 12.1 Å². The predicted molar refractivity (Wildman–Crippen MR) is 63.5 cm³/mol. The SMILES string of the molecule is CC(=O)OC1(c2ccnc(Cl)n2)CC=CCC1. The van der Waals surface area contributed by atoms with E-state index in [2.05, 4.69) is 16.0 Å². The van der Waals surface area contributed by atoms with E-state index in [0.717, 1.165) is 12.8 Å². The number of nitrogens with zero attached hydrogens (tertiary/aromatic N) is 2. The molecule has 0 radical (unpaired) electrons. The second kappa shape index (κ2) is 4.84. The number of esters is 1. The van der Waals surface area contributed by atoms with Gasteiger partial charge in [-0.25, -0.2) is 9.97 Å². The maximum absolute atomic E-state index is 11.3. The summed E-state index contributed by atoms with van der Waals surface area (Å²) in [5.41, 5.74) is -0.0234. The molecule has 0 saturated carbocycles. The highest BCUT2D eigenvalue weighted by Gasteiger charge is 2.37. The van der Waals surface area contributed by atoms with Crippen LogP contribution in [0.25, 0.3) is 0 Å². The van der Waals surface area contributed by atoms with Gasteiger partial charge < -0.3 is 4.74 Å². The zero-order chi connectivity index (χ0) is 12.3. The van der Waals surface area contributed by atoms with Crippen LogP contribution in [0.5, 0.6) is 0 Å². The van der Waals surface area contributed by atoms with Gasteiger partial charge in [0.15, 0.2) is 5.60 Å². The van der Waals surface area contributed by atoms with Crippen LogP contribution in [0.3, 0.4) is 0 Å². The molecule has 1 aliphatic rings. The van der Waals surface area contributed by atoms with E-state index in [1.807, 2.05) is 6.08 Å². The molecule has 0 saturated heterocycles. The average Bonchev–Trinajstić information content (AvgIpc) is 2.29. The molecule has 90 valence electrons. The fourth-order valence-electron chi connectivity index (χ4n) is 2.05. The Morgan fingerprint density at radius 3 is 2.94 bits per heavy atom. The van der Waals surface area contributed by atoms with Gasteiger partial charge >= 0.3 is 5.97 Å². The smallest absolute Gasteiger partial charge is 0.303 e. The molecule has 1 aliphatic carbocycles. The van der Waals surface area contributed by atoms with Crippen molar-refractivity contribution in [2.75, 3.05) is 0 Å². The minimum Gasteiger partial charge on any atom is -0.452 e. The maximum atomic E-state index is 11.3. The minimum atomic E-state index is -0.687. The van der Waals surface area contributed by atoms with Crippen molar-refractivity contribution in [2.24, 2.45) is 0 Å². The fraction of sp³-hybridized carbons (Fsp3) is 0.417. The van der Waals surface area contributed by atoms with Gasteiger partial charge in [0.2, 0.25) is 5.28 Å². The molecule has 1 aromatic rings. The van der Waals surface area contributed by atoms with Crippen LogP contribution in [-0.2, 0) is 15.1 Å². The van der Waals surface area contributed by atoms with Crippen molar-refractivity contribution in [3.05, 3.63) is 35.4 Å². The van der Waals surface area contributed by atoms with Gasteiger partial charge in [-0.3, -0.25) is 4.79 Å². The Balaban J connectivity index is 2.39. The number of carbonyl (C=O) groups is 1. The zero-order valence-electron chi connectivity index (χ0n) is 9.52. The Morgan fingerprint density at radius 1 is 1.53 bits per heavy atom. The standard InChI is InChI=1S/C12H13ClN2O2/c1-9(16)17-12(6-3-2-4-7-12)10-5-8-14-11(13)15-10/h2-3,5,8H,4,6-7H2,1H3. The average molecular weight is 253 g/mol. The monoisotopic (exact) mass is 252 g/mol.